The van der Waals surface area contributed by atoms with Crippen molar-refractivity contribution in [1.82, 2.24) is 10.3 Å². The van der Waals surface area contributed by atoms with Crippen molar-refractivity contribution in [3.63, 3.8) is 0 Å². The van der Waals surface area contributed by atoms with Gasteiger partial charge in [0.15, 0.2) is 5.78 Å². The fraction of sp³-hybridized carbons (Fsp3) is 0.480. The Bertz CT molecular complexity index is 828. The zero-order chi connectivity index (χ0) is 21.9. The second-order valence-electron chi connectivity index (χ2n) is 8.00. The Balaban J connectivity index is 1.36. The Morgan fingerprint density at radius 3 is 2.48 bits per heavy atom. The fourth-order valence-corrected chi connectivity index (χ4v) is 3.59. The first-order valence-corrected chi connectivity index (χ1v) is 11.4. The molecule has 1 N–H and O–H groups in total. The minimum absolute atomic E-state index is 0.0377. The molecule has 0 saturated carbocycles. The molecule has 0 unspecified atom stereocenters. The molecule has 2 heterocycles. The summed E-state index contributed by atoms with van der Waals surface area (Å²) in [6.07, 6.45) is 7.95. The third kappa shape index (κ3) is 7.39. The van der Waals surface area contributed by atoms with Gasteiger partial charge in [0.1, 0.15) is 11.6 Å². The molecule has 31 heavy (non-hydrogen) atoms. The van der Waals surface area contributed by atoms with Gasteiger partial charge in [-0.25, -0.2) is 4.98 Å². The van der Waals surface area contributed by atoms with Gasteiger partial charge in [-0.2, -0.15) is 0 Å². The molecule has 2 aromatic rings. The molecule has 0 aliphatic carbocycles. The van der Waals surface area contributed by atoms with Crippen molar-refractivity contribution in [2.75, 3.05) is 24.6 Å². The molecular weight excluding hydrogens is 390 g/mol. The zero-order valence-corrected chi connectivity index (χ0v) is 18.4. The second kappa shape index (κ2) is 12.1. The van der Waals surface area contributed by atoms with Crippen LogP contribution in [0, 0.1) is 0 Å². The number of carbonyl (C=O) groups excluding carboxylic acids is 2. The van der Waals surface area contributed by atoms with E-state index < -0.39 is 0 Å². The lowest BCUT2D eigenvalue weighted by Gasteiger charge is -2.16. The third-order valence-electron chi connectivity index (χ3n) is 5.50. The van der Waals surface area contributed by atoms with Gasteiger partial charge in [-0.05, 0) is 55.2 Å². The van der Waals surface area contributed by atoms with Gasteiger partial charge >= 0.3 is 0 Å². The maximum atomic E-state index is 12.4. The number of amides is 1. The number of ether oxygens (including phenoxy) is 1. The number of nitrogens with one attached hydrogen (secondary N) is 1. The van der Waals surface area contributed by atoms with Crippen molar-refractivity contribution < 1.29 is 14.3 Å². The predicted octanol–water partition coefficient (Wildman–Crippen LogP) is 4.53. The van der Waals surface area contributed by atoms with Crippen LogP contribution in [0.4, 0.5) is 5.82 Å². The average molecular weight is 424 g/mol. The van der Waals surface area contributed by atoms with E-state index in [0.717, 1.165) is 49.5 Å². The lowest BCUT2D eigenvalue weighted by Crippen LogP contribution is -2.23. The van der Waals surface area contributed by atoms with Crippen LogP contribution in [0.2, 0.25) is 0 Å². The van der Waals surface area contributed by atoms with Crippen LogP contribution in [0.25, 0.3) is 0 Å². The highest BCUT2D eigenvalue weighted by Gasteiger charge is 2.13. The SMILES string of the molecule is CCCCCOc1ccc(C(=O)CCC(=O)NCc2ccc(N3CCCC3)nc2)cc1. The number of hydrogen-bond donors (Lipinski definition) is 1. The van der Waals surface area contributed by atoms with Gasteiger partial charge in [0.2, 0.25) is 5.91 Å². The van der Waals surface area contributed by atoms with Crippen LogP contribution in [0.1, 0.15) is 67.8 Å². The Morgan fingerprint density at radius 1 is 1.03 bits per heavy atom. The van der Waals surface area contributed by atoms with E-state index in [1.807, 2.05) is 30.5 Å². The van der Waals surface area contributed by atoms with Crippen molar-refractivity contribution in [3.8, 4) is 5.75 Å². The molecule has 3 rings (SSSR count). The van der Waals surface area contributed by atoms with Crippen molar-refractivity contribution in [2.45, 2.75) is 58.4 Å². The van der Waals surface area contributed by atoms with Crippen LogP contribution in [0.3, 0.4) is 0 Å². The molecule has 1 fully saturated rings. The molecule has 1 amide bonds. The summed E-state index contributed by atoms with van der Waals surface area (Å²) < 4.78 is 5.67. The van der Waals surface area contributed by atoms with Crippen molar-refractivity contribution in [2.24, 2.45) is 0 Å². The number of carbonyl (C=O) groups is 2. The first-order chi connectivity index (χ1) is 15.2. The molecule has 0 radical (unpaired) electrons. The first-order valence-electron chi connectivity index (χ1n) is 11.4. The molecular formula is C25H33N3O3. The molecule has 0 atom stereocenters. The molecule has 0 bridgehead atoms. The summed E-state index contributed by atoms with van der Waals surface area (Å²) in [4.78, 5) is 31.3. The molecule has 1 aromatic carbocycles. The monoisotopic (exact) mass is 423 g/mol. The van der Waals surface area contributed by atoms with Crippen LogP contribution in [-0.2, 0) is 11.3 Å². The van der Waals surface area contributed by atoms with Crippen molar-refractivity contribution in [1.29, 1.82) is 0 Å². The number of anilines is 1. The molecule has 6 nitrogen and oxygen atoms in total. The van der Waals surface area contributed by atoms with Crippen molar-refractivity contribution in [3.05, 3.63) is 53.7 Å². The lowest BCUT2D eigenvalue weighted by molar-refractivity contribution is -0.121. The standard InChI is InChI=1S/C25H33N3O3/c1-2-3-6-17-31-22-10-8-21(9-11-22)23(29)12-14-25(30)27-19-20-7-13-24(26-18-20)28-15-4-5-16-28/h7-11,13,18H,2-6,12,14-17,19H2,1H3,(H,27,30). The van der Waals surface area contributed by atoms with E-state index in [1.165, 1.54) is 12.8 Å². The highest BCUT2D eigenvalue weighted by atomic mass is 16.5. The number of nitrogens with zero attached hydrogens (tertiary/aromatic N) is 2. The van der Waals surface area contributed by atoms with Gasteiger partial charge in [0.05, 0.1) is 6.61 Å². The molecule has 0 spiro atoms. The number of rotatable bonds is 12. The van der Waals surface area contributed by atoms with E-state index in [1.54, 1.807) is 12.1 Å². The van der Waals surface area contributed by atoms with Crippen molar-refractivity contribution >= 4 is 17.5 Å². The van der Waals surface area contributed by atoms with Crippen LogP contribution in [0.15, 0.2) is 42.6 Å². The van der Waals surface area contributed by atoms with E-state index in [4.69, 9.17) is 4.74 Å². The molecule has 166 valence electrons. The molecule has 1 aliphatic rings. The number of aromatic nitrogens is 1. The van der Waals surface area contributed by atoms with Gasteiger partial charge in [-0.1, -0.05) is 25.8 Å². The smallest absolute Gasteiger partial charge is 0.220 e. The van der Waals surface area contributed by atoms with E-state index in [9.17, 15) is 9.59 Å². The van der Waals surface area contributed by atoms with Gasteiger partial charge < -0.3 is 15.0 Å². The minimum Gasteiger partial charge on any atom is -0.494 e. The lowest BCUT2D eigenvalue weighted by atomic mass is 10.1. The Kier molecular flexibility index (Phi) is 8.88. The molecule has 6 heteroatoms. The summed E-state index contributed by atoms with van der Waals surface area (Å²) >= 11 is 0. The van der Waals surface area contributed by atoms with Gasteiger partial charge in [0.25, 0.3) is 0 Å². The van der Waals surface area contributed by atoms with Gasteiger partial charge in [-0.15, -0.1) is 0 Å². The topological polar surface area (TPSA) is 71.5 Å². The van der Waals surface area contributed by atoms with E-state index in [2.05, 4.69) is 22.1 Å². The first kappa shape index (κ1) is 22.8. The van der Waals surface area contributed by atoms with Gasteiger partial charge in [-0.3, -0.25) is 9.59 Å². The fourth-order valence-electron chi connectivity index (χ4n) is 3.59. The summed E-state index contributed by atoms with van der Waals surface area (Å²) in [5.41, 5.74) is 1.56. The maximum Gasteiger partial charge on any atom is 0.220 e. The van der Waals surface area contributed by atoms with E-state index in [0.29, 0.717) is 18.7 Å². The number of ketones is 1. The Morgan fingerprint density at radius 2 is 1.81 bits per heavy atom. The number of Topliss-reactive ketones (excluding diaryl/α,β-unsaturated/α-hetero) is 1. The number of pyridine rings is 1. The second-order valence-corrected chi connectivity index (χ2v) is 8.00. The van der Waals surface area contributed by atoms with Crippen LogP contribution >= 0.6 is 0 Å². The Labute approximate surface area is 185 Å². The summed E-state index contributed by atoms with van der Waals surface area (Å²) in [6.45, 7) is 5.39. The summed E-state index contributed by atoms with van der Waals surface area (Å²) in [5.74, 6) is 1.60. The maximum absolute atomic E-state index is 12.4. The zero-order valence-electron chi connectivity index (χ0n) is 18.4. The predicted molar refractivity (Wildman–Crippen MR) is 123 cm³/mol. The highest BCUT2D eigenvalue weighted by Crippen LogP contribution is 2.18. The van der Waals surface area contributed by atoms with E-state index in [-0.39, 0.29) is 24.5 Å². The molecule has 1 aliphatic heterocycles. The normalized spacial score (nSPS) is 13.3. The molecule has 1 saturated heterocycles. The quantitative estimate of drug-likeness (QED) is 0.401. The third-order valence-corrected chi connectivity index (χ3v) is 5.50. The highest BCUT2D eigenvalue weighted by molar-refractivity contribution is 5.98. The number of benzene rings is 1. The van der Waals surface area contributed by atoms with Crippen LogP contribution in [-0.4, -0.2) is 36.4 Å². The van der Waals surface area contributed by atoms with E-state index >= 15 is 0 Å². The largest absolute Gasteiger partial charge is 0.494 e. The molecule has 1 aromatic heterocycles. The Hall–Kier alpha value is -2.89. The summed E-state index contributed by atoms with van der Waals surface area (Å²) in [7, 11) is 0. The summed E-state index contributed by atoms with van der Waals surface area (Å²) in [5, 5.41) is 2.87. The minimum atomic E-state index is -0.132. The average Bonchev–Trinajstić information content (AvgIpc) is 3.35. The number of hydrogen-bond acceptors (Lipinski definition) is 5. The number of unbranched alkanes of at least 4 members (excludes halogenated alkanes) is 2. The van der Waals surface area contributed by atoms with Gasteiger partial charge in [0, 0.05) is 44.2 Å². The van der Waals surface area contributed by atoms with Crippen LogP contribution in [0.5, 0.6) is 5.75 Å². The summed E-state index contributed by atoms with van der Waals surface area (Å²) in [6, 6.07) is 11.2. The van der Waals surface area contributed by atoms with Crippen LogP contribution < -0.4 is 15.0 Å².